The Balaban J connectivity index is 1.81. The summed E-state index contributed by atoms with van der Waals surface area (Å²) in [4.78, 5) is 10.5. The van der Waals surface area contributed by atoms with Gasteiger partial charge in [0, 0.05) is 24.8 Å². The minimum absolute atomic E-state index is 0.170. The van der Waals surface area contributed by atoms with E-state index in [-0.39, 0.29) is 11.1 Å². The van der Waals surface area contributed by atoms with E-state index in [0.29, 0.717) is 19.0 Å². The van der Waals surface area contributed by atoms with Crippen molar-refractivity contribution in [1.29, 1.82) is 0 Å². The fraction of sp³-hybridized carbons (Fsp3) is 0.286. The molecule has 1 aromatic heterocycles. The van der Waals surface area contributed by atoms with Crippen LogP contribution in [0.4, 0.5) is 21.7 Å². The molecule has 7 heteroatoms. The molecule has 1 aromatic carbocycles. The van der Waals surface area contributed by atoms with Gasteiger partial charge in [0.25, 0.3) is 0 Å². The summed E-state index contributed by atoms with van der Waals surface area (Å²) in [7, 11) is 0. The fourth-order valence-electron chi connectivity index (χ4n) is 2.11. The molecule has 1 fully saturated rings. The van der Waals surface area contributed by atoms with Crippen LogP contribution in [0.2, 0.25) is 5.28 Å². The van der Waals surface area contributed by atoms with E-state index in [1.54, 1.807) is 12.1 Å². The number of hydrogen-bond acceptors (Lipinski definition) is 5. The van der Waals surface area contributed by atoms with Crippen LogP contribution in [0.3, 0.4) is 0 Å². The van der Waals surface area contributed by atoms with Gasteiger partial charge in [0.15, 0.2) is 0 Å². The number of anilines is 3. The van der Waals surface area contributed by atoms with Crippen molar-refractivity contribution in [3.05, 3.63) is 41.4 Å². The van der Waals surface area contributed by atoms with Gasteiger partial charge in [-0.3, -0.25) is 0 Å². The maximum absolute atomic E-state index is 12.9. The Hall–Kier alpha value is -1.92. The second-order valence-corrected chi connectivity index (χ2v) is 4.95. The average Bonchev–Trinajstić information content (AvgIpc) is 2.50. The van der Waals surface area contributed by atoms with Gasteiger partial charge in [-0.05, 0) is 35.9 Å². The molecule has 1 N–H and O–H groups in total. The maximum Gasteiger partial charge on any atom is 0.226 e. The lowest BCUT2D eigenvalue weighted by molar-refractivity contribution is 0.122. The van der Waals surface area contributed by atoms with Gasteiger partial charge >= 0.3 is 0 Å². The molecule has 0 amide bonds. The molecule has 2 heterocycles. The van der Waals surface area contributed by atoms with Crippen molar-refractivity contribution in [2.24, 2.45) is 0 Å². The Morgan fingerprint density at radius 1 is 1.14 bits per heavy atom. The van der Waals surface area contributed by atoms with E-state index in [1.165, 1.54) is 12.1 Å². The molecule has 21 heavy (non-hydrogen) atoms. The Kier molecular flexibility index (Phi) is 4.17. The molecule has 2 aromatic rings. The van der Waals surface area contributed by atoms with Crippen molar-refractivity contribution in [2.75, 3.05) is 36.5 Å². The van der Waals surface area contributed by atoms with Crippen LogP contribution in [0.25, 0.3) is 0 Å². The summed E-state index contributed by atoms with van der Waals surface area (Å²) >= 11 is 5.98. The molecule has 0 radical (unpaired) electrons. The lowest BCUT2D eigenvalue weighted by Gasteiger charge is -2.28. The molecule has 3 rings (SSSR count). The zero-order chi connectivity index (χ0) is 14.7. The predicted octanol–water partition coefficient (Wildman–Crippen LogP) is 2.85. The number of nitrogens with zero attached hydrogens (tertiary/aromatic N) is 3. The normalized spacial score (nSPS) is 15.0. The summed E-state index contributed by atoms with van der Waals surface area (Å²) in [5.74, 6) is 1.04. The number of nitrogens with one attached hydrogen (secondary N) is 1. The van der Waals surface area contributed by atoms with Gasteiger partial charge in [0.05, 0.1) is 13.2 Å². The highest BCUT2D eigenvalue weighted by Crippen LogP contribution is 2.22. The zero-order valence-electron chi connectivity index (χ0n) is 11.2. The standard InChI is InChI=1S/C14H14ClFN4O/c15-14-18-12(17-11-3-1-10(16)2-4-11)9-13(19-14)20-5-7-21-8-6-20/h1-4,9H,5-8H2,(H,17,18,19). The van der Waals surface area contributed by atoms with E-state index in [1.807, 2.05) is 6.07 Å². The Morgan fingerprint density at radius 3 is 2.57 bits per heavy atom. The summed E-state index contributed by atoms with van der Waals surface area (Å²) in [6.45, 7) is 2.87. The predicted molar refractivity (Wildman–Crippen MR) is 79.8 cm³/mol. The van der Waals surface area contributed by atoms with Crippen molar-refractivity contribution in [3.8, 4) is 0 Å². The number of halogens is 2. The topological polar surface area (TPSA) is 50.3 Å². The van der Waals surface area contributed by atoms with Gasteiger partial charge in [-0.2, -0.15) is 0 Å². The number of benzene rings is 1. The highest BCUT2D eigenvalue weighted by atomic mass is 35.5. The van der Waals surface area contributed by atoms with Crippen LogP contribution in [-0.4, -0.2) is 36.3 Å². The maximum atomic E-state index is 12.9. The van der Waals surface area contributed by atoms with Crippen LogP contribution < -0.4 is 10.2 Å². The molecule has 110 valence electrons. The molecule has 0 spiro atoms. The SMILES string of the molecule is Fc1ccc(Nc2cc(N3CCOCC3)nc(Cl)n2)cc1. The van der Waals surface area contributed by atoms with Crippen molar-refractivity contribution < 1.29 is 9.13 Å². The van der Waals surface area contributed by atoms with Gasteiger partial charge in [-0.15, -0.1) is 0 Å². The minimum atomic E-state index is -0.282. The third kappa shape index (κ3) is 3.59. The van der Waals surface area contributed by atoms with Gasteiger partial charge in [-0.25, -0.2) is 14.4 Å². The lowest BCUT2D eigenvalue weighted by Crippen LogP contribution is -2.36. The van der Waals surface area contributed by atoms with Crippen molar-refractivity contribution in [1.82, 2.24) is 9.97 Å². The monoisotopic (exact) mass is 308 g/mol. The van der Waals surface area contributed by atoms with Gasteiger partial charge < -0.3 is 15.0 Å². The number of aromatic nitrogens is 2. The van der Waals surface area contributed by atoms with Crippen LogP contribution >= 0.6 is 11.6 Å². The van der Waals surface area contributed by atoms with Crippen molar-refractivity contribution in [3.63, 3.8) is 0 Å². The van der Waals surface area contributed by atoms with E-state index in [2.05, 4.69) is 20.2 Å². The van der Waals surface area contributed by atoms with Gasteiger partial charge in [0.1, 0.15) is 17.5 Å². The molecular weight excluding hydrogens is 295 g/mol. The Bertz CT molecular complexity index is 617. The van der Waals surface area contributed by atoms with Crippen LogP contribution in [0.1, 0.15) is 0 Å². The highest BCUT2D eigenvalue weighted by molar-refractivity contribution is 6.28. The lowest BCUT2D eigenvalue weighted by atomic mass is 10.3. The van der Waals surface area contributed by atoms with Crippen LogP contribution in [0, 0.1) is 5.82 Å². The molecule has 1 aliphatic rings. The number of hydrogen-bond donors (Lipinski definition) is 1. The largest absolute Gasteiger partial charge is 0.378 e. The first-order chi connectivity index (χ1) is 10.2. The van der Waals surface area contributed by atoms with E-state index in [4.69, 9.17) is 16.3 Å². The van der Waals surface area contributed by atoms with Crippen LogP contribution in [-0.2, 0) is 4.74 Å². The third-order valence-corrected chi connectivity index (χ3v) is 3.31. The fourth-order valence-corrected chi connectivity index (χ4v) is 2.28. The Labute approximate surface area is 126 Å². The van der Waals surface area contributed by atoms with Crippen LogP contribution in [0.15, 0.2) is 30.3 Å². The minimum Gasteiger partial charge on any atom is -0.378 e. The first-order valence-electron chi connectivity index (χ1n) is 6.60. The smallest absolute Gasteiger partial charge is 0.226 e. The molecule has 0 bridgehead atoms. The quantitative estimate of drug-likeness (QED) is 0.884. The average molecular weight is 309 g/mol. The van der Waals surface area contributed by atoms with Gasteiger partial charge in [0.2, 0.25) is 5.28 Å². The molecule has 1 aliphatic heterocycles. The molecular formula is C14H14ClFN4O. The van der Waals surface area contributed by atoms with E-state index in [9.17, 15) is 4.39 Å². The van der Waals surface area contributed by atoms with Crippen molar-refractivity contribution >= 4 is 28.9 Å². The second-order valence-electron chi connectivity index (χ2n) is 4.61. The first-order valence-corrected chi connectivity index (χ1v) is 6.98. The molecule has 0 unspecified atom stereocenters. The molecule has 5 nitrogen and oxygen atoms in total. The number of ether oxygens (including phenoxy) is 1. The summed E-state index contributed by atoms with van der Waals surface area (Å²) < 4.78 is 18.2. The molecule has 0 saturated carbocycles. The molecule has 1 saturated heterocycles. The van der Waals surface area contributed by atoms with E-state index in [0.717, 1.165) is 24.6 Å². The van der Waals surface area contributed by atoms with Gasteiger partial charge in [-0.1, -0.05) is 0 Å². The first kappa shape index (κ1) is 14.0. The Morgan fingerprint density at radius 2 is 1.86 bits per heavy atom. The summed E-state index contributed by atoms with van der Waals surface area (Å²) in [6.07, 6.45) is 0. The van der Waals surface area contributed by atoms with Crippen LogP contribution in [0.5, 0.6) is 0 Å². The number of morpholine rings is 1. The summed E-state index contributed by atoms with van der Waals surface area (Å²) in [5, 5.41) is 3.26. The van der Waals surface area contributed by atoms with E-state index < -0.39 is 0 Å². The summed E-state index contributed by atoms with van der Waals surface area (Å²) in [6, 6.07) is 7.86. The second kappa shape index (κ2) is 6.24. The third-order valence-electron chi connectivity index (χ3n) is 3.14. The summed E-state index contributed by atoms with van der Waals surface area (Å²) in [5.41, 5.74) is 0.735. The van der Waals surface area contributed by atoms with Crippen molar-refractivity contribution in [2.45, 2.75) is 0 Å². The molecule has 0 atom stereocenters. The zero-order valence-corrected chi connectivity index (χ0v) is 12.0. The highest BCUT2D eigenvalue weighted by Gasteiger charge is 2.14. The number of rotatable bonds is 3. The van der Waals surface area contributed by atoms with E-state index >= 15 is 0 Å². The molecule has 0 aliphatic carbocycles.